The van der Waals surface area contributed by atoms with Gasteiger partial charge in [0.25, 0.3) is 0 Å². The molecule has 0 aliphatic rings. The maximum atomic E-state index is 10.2. The van der Waals surface area contributed by atoms with E-state index in [0.29, 0.717) is 23.2 Å². The van der Waals surface area contributed by atoms with E-state index in [4.69, 9.17) is 0 Å². The van der Waals surface area contributed by atoms with E-state index in [9.17, 15) is 5.11 Å². The van der Waals surface area contributed by atoms with Gasteiger partial charge in [-0.1, -0.05) is 30.3 Å². The molecule has 0 saturated carbocycles. The van der Waals surface area contributed by atoms with Crippen LogP contribution in [0.3, 0.4) is 0 Å². The fraction of sp³-hybridized carbons (Fsp3) is 0.0455. The van der Waals surface area contributed by atoms with Crippen LogP contribution in [0.15, 0.2) is 78.0 Å². The van der Waals surface area contributed by atoms with Gasteiger partial charge in [0.05, 0.1) is 5.56 Å². The molecule has 138 valence electrons. The Kier molecular flexibility index (Phi) is 5.21. The van der Waals surface area contributed by atoms with Crippen LogP contribution >= 0.6 is 11.8 Å². The monoisotopic (exact) mass is 386 g/mol. The van der Waals surface area contributed by atoms with E-state index >= 15 is 0 Å². The first-order valence-electron chi connectivity index (χ1n) is 8.73. The molecular weight excluding hydrogens is 368 g/mol. The van der Waals surface area contributed by atoms with Crippen molar-refractivity contribution in [1.29, 1.82) is 0 Å². The zero-order valence-electron chi connectivity index (χ0n) is 15.2. The van der Waals surface area contributed by atoms with Gasteiger partial charge in [0.2, 0.25) is 5.95 Å². The van der Waals surface area contributed by atoms with E-state index in [1.165, 1.54) is 4.90 Å². The minimum Gasteiger partial charge on any atom is -0.507 e. The van der Waals surface area contributed by atoms with Crippen LogP contribution in [-0.2, 0) is 0 Å². The Morgan fingerprint density at radius 2 is 1.61 bits per heavy atom. The largest absolute Gasteiger partial charge is 0.507 e. The molecule has 0 unspecified atom stereocenters. The highest BCUT2D eigenvalue weighted by Crippen LogP contribution is 2.26. The average molecular weight is 386 g/mol. The summed E-state index contributed by atoms with van der Waals surface area (Å²) in [6.07, 6.45) is 9.62. The Balaban J connectivity index is 1.75. The van der Waals surface area contributed by atoms with Gasteiger partial charge in [0.1, 0.15) is 5.75 Å². The highest BCUT2D eigenvalue weighted by molar-refractivity contribution is 7.98. The second-order valence-electron chi connectivity index (χ2n) is 6.03. The van der Waals surface area contributed by atoms with Crippen LogP contribution in [0, 0.1) is 0 Å². The standard InChI is InChI=1S/C22H18N4OS/c1-28-17-11-8-16(9-12-17)10-13-20-23-21(18-6-2-3-7-19(18)27)25-22(24-20)26-14-4-5-15-26/h2-15,27H,1H3. The summed E-state index contributed by atoms with van der Waals surface area (Å²) < 4.78 is 1.82. The van der Waals surface area contributed by atoms with Gasteiger partial charge in [-0.3, -0.25) is 4.57 Å². The third-order valence-corrected chi connectivity index (χ3v) is 4.91. The first-order valence-corrected chi connectivity index (χ1v) is 9.95. The van der Waals surface area contributed by atoms with Crippen LogP contribution in [0.5, 0.6) is 5.75 Å². The number of thioether (sulfide) groups is 1. The fourth-order valence-corrected chi connectivity index (χ4v) is 3.12. The van der Waals surface area contributed by atoms with Crippen LogP contribution in [-0.4, -0.2) is 30.9 Å². The minimum absolute atomic E-state index is 0.134. The van der Waals surface area contributed by atoms with E-state index < -0.39 is 0 Å². The highest BCUT2D eigenvalue weighted by Gasteiger charge is 2.11. The van der Waals surface area contributed by atoms with Crippen molar-refractivity contribution >= 4 is 23.9 Å². The van der Waals surface area contributed by atoms with Crippen molar-refractivity contribution in [2.45, 2.75) is 4.90 Å². The molecule has 4 rings (SSSR count). The number of phenolic OH excluding ortho intramolecular Hbond substituents is 1. The Morgan fingerprint density at radius 3 is 2.32 bits per heavy atom. The van der Waals surface area contributed by atoms with Gasteiger partial charge >= 0.3 is 0 Å². The molecule has 28 heavy (non-hydrogen) atoms. The number of para-hydroxylation sites is 1. The minimum atomic E-state index is 0.134. The SMILES string of the molecule is CSc1ccc(C=Cc2nc(-c3ccccc3O)nc(-n3cccc3)n2)cc1. The van der Waals surface area contributed by atoms with E-state index in [0.717, 1.165) is 5.56 Å². The molecular formula is C22H18N4OS. The lowest BCUT2D eigenvalue weighted by Crippen LogP contribution is -2.04. The Labute approximate surface area is 167 Å². The lowest BCUT2D eigenvalue weighted by Gasteiger charge is -2.07. The molecule has 0 spiro atoms. The predicted molar refractivity (Wildman–Crippen MR) is 113 cm³/mol. The van der Waals surface area contributed by atoms with Gasteiger partial charge in [-0.2, -0.15) is 9.97 Å². The third kappa shape index (κ3) is 3.97. The first-order chi connectivity index (χ1) is 13.7. The number of benzene rings is 2. The van der Waals surface area contributed by atoms with Crippen LogP contribution < -0.4 is 0 Å². The van der Waals surface area contributed by atoms with Crippen molar-refractivity contribution in [2.24, 2.45) is 0 Å². The Hall–Kier alpha value is -3.38. The number of hydrogen-bond donors (Lipinski definition) is 1. The van der Waals surface area contributed by atoms with Gasteiger partial charge in [0.15, 0.2) is 11.6 Å². The zero-order valence-corrected chi connectivity index (χ0v) is 16.0. The molecule has 0 saturated heterocycles. The number of rotatable bonds is 5. The first kappa shape index (κ1) is 18.0. The molecule has 6 heteroatoms. The van der Waals surface area contributed by atoms with Gasteiger partial charge in [0, 0.05) is 17.3 Å². The lowest BCUT2D eigenvalue weighted by atomic mass is 10.2. The van der Waals surface area contributed by atoms with Crippen LogP contribution in [0.2, 0.25) is 0 Å². The average Bonchev–Trinajstić information content (AvgIpc) is 3.28. The Morgan fingerprint density at radius 1 is 0.857 bits per heavy atom. The molecule has 0 radical (unpaired) electrons. The van der Waals surface area contributed by atoms with Crippen molar-refractivity contribution in [3.8, 4) is 23.1 Å². The number of aromatic hydroxyl groups is 1. The van der Waals surface area contributed by atoms with Crippen molar-refractivity contribution < 1.29 is 5.11 Å². The summed E-state index contributed by atoms with van der Waals surface area (Å²) in [6.45, 7) is 0. The Bertz CT molecular complexity index is 1110. The summed E-state index contributed by atoms with van der Waals surface area (Å²) >= 11 is 1.71. The topological polar surface area (TPSA) is 63.8 Å². The van der Waals surface area contributed by atoms with Crippen molar-refractivity contribution in [3.05, 3.63) is 84.4 Å². The van der Waals surface area contributed by atoms with E-state index in [1.54, 1.807) is 30.0 Å². The maximum Gasteiger partial charge on any atom is 0.237 e. The molecule has 0 aliphatic heterocycles. The van der Waals surface area contributed by atoms with Crippen LogP contribution in [0.1, 0.15) is 11.4 Å². The number of aromatic nitrogens is 4. The molecule has 4 aromatic rings. The van der Waals surface area contributed by atoms with E-state index in [1.807, 2.05) is 47.3 Å². The normalized spacial score (nSPS) is 11.2. The highest BCUT2D eigenvalue weighted by atomic mass is 32.2. The summed E-state index contributed by atoms with van der Waals surface area (Å²) in [5, 5.41) is 10.2. The third-order valence-electron chi connectivity index (χ3n) is 4.16. The molecule has 0 atom stereocenters. The lowest BCUT2D eigenvalue weighted by molar-refractivity contribution is 0.477. The summed E-state index contributed by atoms with van der Waals surface area (Å²) in [7, 11) is 0. The smallest absolute Gasteiger partial charge is 0.237 e. The summed E-state index contributed by atoms with van der Waals surface area (Å²) in [6, 6.07) is 19.1. The summed E-state index contributed by atoms with van der Waals surface area (Å²) in [4.78, 5) is 14.8. The molecule has 0 bridgehead atoms. The fourth-order valence-electron chi connectivity index (χ4n) is 2.71. The number of nitrogens with zero attached hydrogens (tertiary/aromatic N) is 4. The van der Waals surface area contributed by atoms with Crippen molar-refractivity contribution in [2.75, 3.05) is 6.26 Å². The molecule has 2 aromatic carbocycles. The van der Waals surface area contributed by atoms with Gasteiger partial charge in [-0.25, -0.2) is 4.98 Å². The van der Waals surface area contributed by atoms with E-state index in [-0.39, 0.29) is 5.75 Å². The van der Waals surface area contributed by atoms with E-state index in [2.05, 4.69) is 45.5 Å². The van der Waals surface area contributed by atoms with Gasteiger partial charge in [-0.15, -0.1) is 11.8 Å². The molecule has 2 aromatic heterocycles. The molecule has 0 amide bonds. The molecule has 2 heterocycles. The van der Waals surface area contributed by atoms with Crippen molar-refractivity contribution in [1.82, 2.24) is 19.5 Å². The molecule has 0 fully saturated rings. The van der Waals surface area contributed by atoms with Crippen molar-refractivity contribution in [3.63, 3.8) is 0 Å². The zero-order chi connectivity index (χ0) is 19.3. The predicted octanol–water partition coefficient (Wildman–Crippen LogP) is 4.93. The maximum absolute atomic E-state index is 10.2. The van der Waals surface area contributed by atoms with Gasteiger partial charge in [-0.05, 0) is 54.3 Å². The molecule has 5 nitrogen and oxygen atoms in total. The molecule has 1 N–H and O–H groups in total. The quantitative estimate of drug-likeness (QED) is 0.493. The number of phenols is 1. The molecule has 0 aliphatic carbocycles. The second-order valence-corrected chi connectivity index (χ2v) is 6.91. The van der Waals surface area contributed by atoms with Crippen LogP contribution in [0.25, 0.3) is 29.5 Å². The second kappa shape index (κ2) is 8.10. The van der Waals surface area contributed by atoms with Gasteiger partial charge < -0.3 is 5.11 Å². The summed E-state index contributed by atoms with van der Waals surface area (Å²) in [5.41, 5.74) is 1.63. The number of hydrogen-bond acceptors (Lipinski definition) is 5. The van der Waals surface area contributed by atoms with Crippen LogP contribution in [0.4, 0.5) is 0 Å². The summed E-state index contributed by atoms with van der Waals surface area (Å²) in [5.74, 6) is 1.57.